The van der Waals surface area contributed by atoms with Crippen molar-refractivity contribution in [1.82, 2.24) is 9.97 Å². The van der Waals surface area contributed by atoms with Gasteiger partial charge in [-0.1, -0.05) is 12.1 Å². The van der Waals surface area contributed by atoms with Gasteiger partial charge in [-0.3, -0.25) is 0 Å². The minimum Gasteiger partial charge on any atom is -0.366 e. The molecular weight excluding hydrogens is 330 g/mol. The summed E-state index contributed by atoms with van der Waals surface area (Å²) in [6, 6.07) is 8.52. The zero-order valence-electron chi connectivity index (χ0n) is 10.2. The van der Waals surface area contributed by atoms with Crippen LogP contribution >= 0.6 is 15.9 Å². The fraction of sp³-hybridized carbons (Fsp3) is 0.167. The van der Waals surface area contributed by atoms with Gasteiger partial charge in [-0.15, -0.1) is 0 Å². The quantitative estimate of drug-likeness (QED) is 0.863. The first-order chi connectivity index (χ1) is 8.95. The minimum absolute atomic E-state index is 0.320. The highest BCUT2D eigenvalue weighted by molar-refractivity contribution is 9.10. The van der Waals surface area contributed by atoms with E-state index in [9.17, 15) is 8.42 Å². The second-order valence-electron chi connectivity index (χ2n) is 4.00. The molecule has 100 valence electrons. The highest BCUT2D eigenvalue weighted by atomic mass is 79.9. The summed E-state index contributed by atoms with van der Waals surface area (Å²) in [4.78, 5) is 8.32. The van der Waals surface area contributed by atoms with Gasteiger partial charge < -0.3 is 5.32 Å². The second kappa shape index (κ2) is 5.66. The molecule has 1 aromatic carbocycles. The summed E-state index contributed by atoms with van der Waals surface area (Å²) in [6.07, 6.45) is 2.65. The number of halogens is 1. The number of nitrogens with one attached hydrogen (secondary N) is 1. The van der Waals surface area contributed by atoms with Gasteiger partial charge in [0.25, 0.3) is 0 Å². The third-order valence-corrected chi connectivity index (χ3v) is 4.02. The van der Waals surface area contributed by atoms with Gasteiger partial charge in [-0.25, -0.2) is 18.4 Å². The lowest BCUT2D eigenvalue weighted by molar-refractivity contribution is 0.602. The predicted octanol–water partition coefficient (Wildman–Crippen LogP) is 2.25. The Bertz CT molecular complexity index is 672. The summed E-state index contributed by atoms with van der Waals surface area (Å²) >= 11 is 3.26. The third-order valence-electron chi connectivity index (χ3n) is 2.46. The van der Waals surface area contributed by atoms with Gasteiger partial charge >= 0.3 is 0 Å². The van der Waals surface area contributed by atoms with Crippen molar-refractivity contribution in [3.05, 3.63) is 46.8 Å². The molecule has 1 heterocycles. The second-order valence-corrected chi connectivity index (χ2v) is 6.82. The number of anilines is 1. The fourth-order valence-electron chi connectivity index (χ4n) is 1.48. The summed E-state index contributed by atoms with van der Waals surface area (Å²) in [5.41, 5.74) is 0.974. The molecule has 2 rings (SSSR count). The molecule has 0 saturated carbocycles. The van der Waals surface area contributed by atoms with Gasteiger partial charge in [-0.2, -0.15) is 0 Å². The van der Waals surface area contributed by atoms with Gasteiger partial charge in [0.05, 0.1) is 4.90 Å². The number of hydrogen-bond acceptors (Lipinski definition) is 5. The maximum atomic E-state index is 11.3. The maximum Gasteiger partial charge on any atom is 0.175 e. The van der Waals surface area contributed by atoms with Crippen molar-refractivity contribution in [2.45, 2.75) is 11.4 Å². The van der Waals surface area contributed by atoms with Crippen LogP contribution in [0.4, 0.5) is 5.82 Å². The lowest BCUT2D eigenvalue weighted by Crippen LogP contribution is -2.02. The molecule has 0 radical (unpaired) electrons. The standard InChI is InChI=1S/C12H12BrN3O2S/c1-19(17,18)10-4-2-9(3-5-10)7-14-12-6-11(13)15-8-16-12/h2-6,8H,7H2,1H3,(H,14,15,16). The normalized spacial score (nSPS) is 11.3. The fourth-order valence-corrected chi connectivity index (χ4v) is 2.42. The molecule has 0 amide bonds. The molecule has 0 bridgehead atoms. The molecule has 0 unspecified atom stereocenters. The molecule has 1 aromatic heterocycles. The van der Waals surface area contributed by atoms with Gasteiger partial charge in [0.15, 0.2) is 9.84 Å². The molecule has 0 aliphatic rings. The Morgan fingerprint density at radius 3 is 2.47 bits per heavy atom. The Morgan fingerprint density at radius 1 is 1.21 bits per heavy atom. The first kappa shape index (κ1) is 14.0. The van der Waals surface area contributed by atoms with E-state index in [2.05, 4.69) is 31.2 Å². The Morgan fingerprint density at radius 2 is 1.89 bits per heavy atom. The van der Waals surface area contributed by atoms with Crippen LogP contribution in [0.3, 0.4) is 0 Å². The predicted molar refractivity (Wildman–Crippen MR) is 76.6 cm³/mol. The van der Waals surface area contributed by atoms with Gasteiger partial charge in [0, 0.05) is 18.9 Å². The summed E-state index contributed by atoms with van der Waals surface area (Å²) in [5.74, 6) is 0.703. The van der Waals surface area contributed by atoms with E-state index in [4.69, 9.17) is 0 Å². The topological polar surface area (TPSA) is 72.0 Å². The molecule has 19 heavy (non-hydrogen) atoms. The number of hydrogen-bond donors (Lipinski definition) is 1. The van der Waals surface area contributed by atoms with E-state index in [0.717, 1.165) is 5.56 Å². The van der Waals surface area contributed by atoms with E-state index >= 15 is 0 Å². The number of sulfone groups is 1. The highest BCUT2D eigenvalue weighted by Gasteiger charge is 2.06. The summed E-state index contributed by atoms with van der Waals surface area (Å²) in [6.45, 7) is 0.563. The van der Waals surface area contributed by atoms with E-state index < -0.39 is 9.84 Å². The van der Waals surface area contributed by atoms with Gasteiger partial charge in [0.2, 0.25) is 0 Å². The Hall–Kier alpha value is -1.47. The van der Waals surface area contributed by atoms with Crippen molar-refractivity contribution >= 4 is 31.6 Å². The molecule has 0 saturated heterocycles. The minimum atomic E-state index is -3.14. The van der Waals surface area contributed by atoms with Crippen molar-refractivity contribution in [3.8, 4) is 0 Å². The molecule has 1 N–H and O–H groups in total. The SMILES string of the molecule is CS(=O)(=O)c1ccc(CNc2cc(Br)ncn2)cc1. The van der Waals surface area contributed by atoms with Crippen LogP contribution in [-0.4, -0.2) is 24.6 Å². The Labute approximate surface area is 120 Å². The van der Waals surface area contributed by atoms with E-state index in [1.807, 2.05) is 0 Å². The molecular formula is C12H12BrN3O2S. The average molecular weight is 342 g/mol. The van der Waals surface area contributed by atoms with E-state index in [1.165, 1.54) is 12.6 Å². The summed E-state index contributed by atoms with van der Waals surface area (Å²) in [7, 11) is -3.14. The third kappa shape index (κ3) is 4.00. The maximum absolute atomic E-state index is 11.3. The van der Waals surface area contributed by atoms with Gasteiger partial charge in [0.1, 0.15) is 16.7 Å². The first-order valence-electron chi connectivity index (χ1n) is 5.45. The molecule has 5 nitrogen and oxygen atoms in total. The van der Waals surface area contributed by atoms with Crippen LogP contribution < -0.4 is 5.32 Å². The number of rotatable bonds is 4. The zero-order chi connectivity index (χ0) is 13.9. The molecule has 0 fully saturated rings. The van der Waals surface area contributed by atoms with Crippen molar-refractivity contribution < 1.29 is 8.42 Å². The average Bonchev–Trinajstić information content (AvgIpc) is 2.36. The lowest BCUT2D eigenvalue weighted by Gasteiger charge is -2.06. The monoisotopic (exact) mass is 341 g/mol. The molecule has 0 spiro atoms. The summed E-state index contributed by atoms with van der Waals surface area (Å²) < 4.78 is 23.4. The van der Waals surface area contributed by atoms with Crippen LogP contribution in [0.2, 0.25) is 0 Å². The molecule has 0 atom stereocenters. The van der Waals surface area contributed by atoms with Crippen molar-refractivity contribution in [2.24, 2.45) is 0 Å². The van der Waals surface area contributed by atoms with Crippen LogP contribution in [0.25, 0.3) is 0 Å². The van der Waals surface area contributed by atoms with Crippen molar-refractivity contribution in [1.29, 1.82) is 0 Å². The van der Waals surface area contributed by atoms with Crippen LogP contribution in [0.15, 0.2) is 46.2 Å². The van der Waals surface area contributed by atoms with Crippen LogP contribution in [-0.2, 0) is 16.4 Å². The number of nitrogens with zero attached hydrogens (tertiary/aromatic N) is 2. The van der Waals surface area contributed by atoms with E-state index in [0.29, 0.717) is 21.9 Å². The van der Waals surface area contributed by atoms with Crippen LogP contribution in [0.1, 0.15) is 5.56 Å². The Balaban J connectivity index is 2.05. The van der Waals surface area contributed by atoms with E-state index in [-0.39, 0.29) is 0 Å². The molecule has 7 heteroatoms. The van der Waals surface area contributed by atoms with Crippen LogP contribution in [0, 0.1) is 0 Å². The lowest BCUT2D eigenvalue weighted by atomic mass is 10.2. The number of benzene rings is 1. The molecule has 0 aliphatic heterocycles. The molecule has 2 aromatic rings. The highest BCUT2D eigenvalue weighted by Crippen LogP contribution is 2.13. The largest absolute Gasteiger partial charge is 0.366 e. The smallest absolute Gasteiger partial charge is 0.175 e. The number of aromatic nitrogens is 2. The van der Waals surface area contributed by atoms with Crippen molar-refractivity contribution in [3.63, 3.8) is 0 Å². The Kier molecular flexibility index (Phi) is 4.16. The van der Waals surface area contributed by atoms with Crippen LogP contribution in [0.5, 0.6) is 0 Å². The van der Waals surface area contributed by atoms with E-state index in [1.54, 1.807) is 30.3 Å². The van der Waals surface area contributed by atoms with Gasteiger partial charge in [-0.05, 0) is 33.6 Å². The zero-order valence-corrected chi connectivity index (χ0v) is 12.6. The first-order valence-corrected chi connectivity index (χ1v) is 8.14. The molecule has 0 aliphatic carbocycles. The van der Waals surface area contributed by atoms with Crippen molar-refractivity contribution in [2.75, 3.05) is 11.6 Å². The summed E-state index contributed by atoms with van der Waals surface area (Å²) in [5, 5.41) is 3.13.